The number of hydrogen-bond acceptors (Lipinski definition) is 6. The summed E-state index contributed by atoms with van der Waals surface area (Å²) in [5.74, 6) is 0.393. The summed E-state index contributed by atoms with van der Waals surface area (Å²) in [6, 6.07) is 2.98. The van der Waals surface area contributed by atoms with Crippen LogP contribution in [-0.4, -0.2) is 79.2 Å². The Morgan fingerprint density at radius 3 is 2.58 bits per heavy atom. The van der Waals surface area contributed by atoms with E-state index in [0.29, 0.717) is 61.2 Å². The number of hydrogen-bond donors (Lipinski definition) is 3. The summed E-state index contributed by atoms with van der Waals surface area (Å²) in [5.41, 5.74) is 3.82. The van der Waals surface area contributed by atoms with Crippen molar-refractivity contribution in [1.29, 1.82) is 5.41 Å². The maximum absolute atomic E-state index is 14.3. The highest BCUT2D eigenvalue weighted by molar-refractivity contribution is 7.91. The van der Waals surface area contributed by atoms with Crippen LogP contribution >= 0.6 is 0 Å². The molecule has 3 N–H and O–H groups in total. The normalized spacial score (nSPS) is 19.5. The second-order valence-electron chi connectivity index (χ2n) is 10.6. The first-order valence-corrected chi connectivity index (χ1v) is 15.3. The highest BCUT2D eigenvalue weighted by atomic mass is 32.2. The number of halogens is 2. The van der Waals surface area contributed by atoms with Crippen molar-refractivity contribution < 1.29 is 22.0 Å². The molecule has 216 valence electrons. The average molecular weight is 576 g/mol. The molecule has 0 atom stereocenters. The maximum Gasteiger partial charge on any atom is 0.317 e. The number of anilines is 1. The van der Waals surface area contributed by atoms with Gasteiger partial charge < -0.3 is 20.4 Å². The summed E-state index contributed by atoms with van der Waals surface area (Å²) in [5, 5.41) is 19.6. The number of nitrogens with zero attached hydrogens (tertiary/aromatic N) is 4. The highest BCUT2D eigenvalue weighted by Gasteiger charge is 2.33. The Balaban J connectivity index is 1.50. The fraction of sp³-hybridized carbons (Fsp3) is 0.519. The van der Waals surface area contributed by atoms with E-state index in [1.807, 2.05) is 0 Å². The Morgan fingerprint density at radius 1 is 1.18 bits per heavy atom. The number of sulfone groups is 1. The summed E-state index contributed by atoms with van der Waals surface area (Å²) in [4.78, 5) is 15.9. The van der Waals surface area contributed by atoms with Crippen molar-refractivity contribution in [2.45, 2.75) is 44.6 Å². The van der Waals surface area contributed by atoms with E-state index in [0.717, 1.165) is 17.7 Å². The van der Waals surface area contributed by atoms with E-state index in [9.17, 15) is 27.4 Å². The molecule has 2 aromatic rings. The van der Waals surface area contributed by atoms with Gasteiger partial charge in [0, 0.05) is 73.9 Å². The number of rotatable bonds is 5. The molecular formula is C27H35F2N7O3S. The minimum Gasteiger partial charge on any atom is -0.385 e. The van der Waals surface area contributed by atoms with Gasteiger partial charge in [-0.3, -0.25) is 10.1 Å². The van der Waals surface area contributed by atoms with Gasteiger partial charge in [0.1, 0.15) is 15.7 Å². The SMILES string of the molecule is CNC(=O)N1CCC(NC2CCS(=O)(=O)CC2)=C(C(=N)N2CCCc3cc(-c4cnn(C)c4)c(C(F)F)cc32)C1. The van der Waals surface area contributed by atoms with Crippen LogP contribution in [0.1, 0.15) is 43.2 Å². The number of amides is 2. The van der Waals surface area contributed by atoms with Gasteiger partial charge in [-0.25, -0.2) is 22.0 Å². The molecule has 0 bridgehead atoms. The lowest BCUT2D eigenvalue weighted by atomic mass is 9.92. The number of urea groups is 1. The van der Waals surface area contributed by atoms with Crippen molar-refractivity contribution in [2.75, 3.05) is 43.1 Å². The quantitative estimate of drug-likeness (QED) is 0.372. The zero-order valence-corrected chi connectivity index (χ0v) is 23.5. The molecule has 3 aliphatic heterocycles. The van der Waals surface area contributed by atoms with Gasteiger partial charge in [-0.2, -0.15) is 5.10 Å². The molecule has 0 spiro atoms. The van der Waals surface area contributed by atoms with Crippen molar-refractivity contribution in [3.05, 3.63) is 46.9 Å². The van der Waals surface area contributed by atoms with Gasteiger partial charge in [-0.1, -0.05) is 0 Å². The minimum atomic E-state index is -3.03. The number of carbonyl (C=O) groups is 1. The summed E-state index contributed by atoms with van der Waals surface area (Å²) in [6.45, 7) is 1.12. The number of nitrogens with one attached hydrogen (secondary N) is 3. The standard InChI is InChI=1S/C27H35F2N7O3S/c1-31-27(37)35-9-5-23(33-19-6-10-40(38,39)11-7-19)22(16-35)26(30)36-8-3-4-17-12-20(18-14-32-34(2)15-18)21(25(28)29)13-24(17)36/h12-15,19,25,30,33H,3-11,16H2,1-2H3,(H,31,37). The lowest BCUT2D eigenvalue weighted by molar-refractivity contribution is 0.152. The third kappa shape index (κ3) is 5.70. The third-order valence-corrected chi connectivity index (χ3v) is 9.67. The third-order valence-electron chi connectivity index (χ3n) is 7.96. The lowest BCUT2D eigenvalue weighted by Gasteiger charge is -2.38. The van der Waals surface area contributed by atoms with E-state index in [1.54, 1.807) is 47.0 Å². The van der Waals surface area contributed by atoms with Crippen LogP contribution in [0.5, 0.6) is 0 Å². The number of aromatic nitrogens is 2. The molecule has 1 aromatic heterocycles. The van der Waals surface area contributed by atoms with E-state index < -0.39 is 16.3 Å². The largest absolute Gasteiger partial charge is 0.385 e. The van der Waals surface area contributed by atoms with Crippen LogP contribution in [-0.2, 0) is 23.3 Å². The Labute approximate surface area is 232 Å². The van der Waals surface area contributed by atoms with E-state index in [1.165, 1.54) is 6.07 Å². The smallest absolute Gasteiger partial charge is 0.317 e. The fourth-order valence-electron chi connectivity index (χ4n) is 5.79. The highest BCUT2D eigenvalue weighted by Crippen LogP contribution is 2.39. The molecule has 0 aliphatic carbocycles. The Kier molecular flexibility index (Phi) is 7.85. The molecule has 3 aliphatic rings. The van der Waals surface area contributed by atoms with Crippen LogP contribution in [0.15, 0.2) is 35.8 Å². The molecule has 4 heterocycles. The molecule has 1 fully saturated rings. The second-order valence-corrected chi connectivity index (χ2v) is 12.9. The van der Waals surface area contributed by atoms with E-state index in [-0.39, 0.29) is 41.5 Å². The summed E-state index contributed by atoms with van der Waals surface area (Å²) in [6.07, 6.45) is 3.45. The molecule has 0 unspecified atom stereocenters. The van der Waals surface area contributed by atoms with Crippen LogP contribution in [0.2, 0.25) is 0 Å². The maximum atomic E-state index is 14.3. The molecule has 10 nitrogen and oxygen atoms in total. The second kappa shape index (κ2) is 11.2. The predicted octanol–water partition coefficient (Wildman–Crippen LogP) is 3.22. The first kappa shape index (κ1) is 28.1. The van der Waals surface area contributed by atoms with Gasteiger partial charge >= 0.3 is 6.03 Å². The average Bonchev–Trinajstić information content (AvgIpc) is 3.38. The molecule has 40 heavy (non-hydrogen) atoms. The molecule has 13 heteroatoms. The van der Waals surface area contributed by atoms with E-state index in [2.05, 4.69) is 15.7 Å². The summed E-state index contributed by atoms with van der Waals surface area (Å²) >= 11 is 0. The van der Waals surface area contributed by atoms with Crippen molar-refractivity contribution in [3.8, 4) is 11.1 Å². The summed E-state index contributed by atoms with van der Waals surface area (Å²) < 4.78 is 54.1. The Morgan fingerprint density at radius 2 is 1.93 bits per heavy atom. The summed E-state index contributed by atoms with van der Waals surface area (Å²) in [7, 11) is 0.268. The number of fused-ring (bicyclic) bond motifs is 1. The molecule has 0 saturated carbocycles. The van der Waals surface area contributed by atoms with Crippen LogP contribution in [0.4, 0.5) is 19.3 Å². The van der Waals surface area contributed by atoms with Crippen LogP contribution in [0.25, 0.3) is 11.1 Å². The molecule has 2 amide bonds. The predicted molar refractivity (Wildman–Crippen MR) is 149 cm³/mol. The molecule has 0 radical (unpaired) electrons. The van der Waals surface area contributed by atoms with Crippen molar-refractivity contribution >= 4 is 27.4 Å². The molecular weight excluding hydrogens is 540 g/mol. The number of carbonyl (C=O) groups excluding carboxylic acids is 1. The van der Waals surface area contributed by atoms with Gasteiger partial charge in [-0.05, 0) is 48.9 Å². The number of amidine groups is 1. The van der Waals surface area contributed by atoms with Crippen molar-refractivity contribution in [2.24, 2.45) is 7.05 Å². The zero-order chi connectivity index (χ0) is 28.6. The lowest BCUT2D eigenvalue weighted by Crippen LogP contribution is -2.49. The monoisotopic (exact) mass is 575 g/mol. The first-order chi connectivity index (χ1) is 19.1. The van der Waals surface area contributed by atoms with Crippen molar-refractivity contribution in [3.63, 3.8) is 0 Å². The first-order valence-electron chi connectivity index (χ1n) is 13.5. The molecule has 1 aromatic carbocycles. The van der Waals surface area contributed by atoms with Crippen LogP contribution < -0.4 is 15.5 Å². The minimum absolute atomic E-state index is 0.0472. The number of alkyl halides is 2. The van der Waals surface area contributed by atoms with Gasteiger partial charge in [0.15, 0.2) is 0 Å². The van der Waals surface area contributed by atoms with E-state index in [4.69, 9.17) is 0 Å². The van der Waals surface area contributed by atoms with Gasteiger partial charge in [0.25, 0.3) is 6.43 Å². The van der Waals surface area contributed by atoms with Crippen LogP contribution in [0, 0.1) is 5.41 Å². The molecule has 1 saturated heterocycles. The van der Waals surface area contributed by atoms with E-state index >= 15 is 0 Å². The number of benzene rings is 1. The topological polar surface area (TPSA) is 123 Å². The molecule has 5 rings (SSSR count). The van der Waals surface area contributed by atoms with Gasteiger partial charge in [0.2, 0.25) is 0 Å². The van der Waals surface area contributed by atoms with Crippen molar-refractivity contribution in [1.82, 2.24) is 25.3 Å². The Bertz CT molecular complexity index is 1440. The Hall–Kier alpha value is -3.48. The fourth-order valence-corrected chi connectivity index (χ4v) is 7.28. The van der Waals surface area contributed by atoms with Gasteiger partial charge in [-0.15, -0.1) is 0 Å². The zero-order valence-electron chi connectivity index (χ0n) is 22.7. The van der Waals surface area contributed by atoms with Crippen LogP contribution in [0.3, 0.4) is 0 Å². The van der Waals surface area contributed by atoms with Gasteiger partial charge in [0.05, 0.1) is 24.2 Å². The number of aryl methyl sites for hydroxylation is 2.